The Bertz CT molecular complexity index is 1820. The maximum absolute atomic E-state index is 13.1. The number of carbonyl (C=O) groups excluding carboxylic acids is 1. The molecule has 0 bridgehead atoms. The van der Waals surface area contributed by atoms with Crippen LogP contribution in [0.4, 0.5) is 24.9 Å². The first-order chi connectivity index (χ1) is 22.4. The fourth-order valence-corrected chi connectivity index (χ4v) is 7.82. The number of carbonyl (C=O) groups is 1. The number of amides is 1. The highest BCUT2D eigenvalue weighted by molar-refractivity contribution is 7.18. The number of fused-ring (bicyclic) bond motifs is 2. The number of nitrogens with zero attached hydrogens (tertiary/aromatic N) is 7. The van der Waals surface area contributed by atoms with Gasteiger partial charge in [0.2, 0.25) is 11.9 Å². The Morgan fingerprint density at radius 2 is 1.89 bits per heavy atom. The van der Waals surface area contributed by atoms with Gasteiger partial charge in [0.05, 0.1) is 18.4 Å². The second kappa shape index (κ2) is 13.3. The van der Waals surface area contributed by atoms with E-state index in [0.29, 0.717) is 47.3 Å². The standard InChI is InChI=1S/C33H40F3N9OS/c1-20(44-12-11-42(4)19-29(44)46)17-45-24(16-37)13-26-21(2)22(5-6-28(26)45)18-43-9-7-23(8-10-43)39-30-27-14-25(15-33(34,35)36)47-31(27)41-32(38-3)40-30/h5-6,13-14,20,23H,7-12,15,17-19H2,1-4H3,(H2,38,39,40,41)/t20-/m0/s1. The molecular weight excluding hydrogens is 627 g/mol. The summed E-state index contributed by atoms with van der Waals surface area (Å²) >= 11 is 1.05. The quantitative estimate of drug-likeness (QED) is 0.251. The summed E-state index contributed by atoms with van der Waals surface area (Å²) in [6, 6.07) is 10.2. The minimum atomic E-state index is -4.28. The van der Waals surface area contributed by atoms with Crippen molar-refractivity contribution in [2.75, 3.05) is 57.5 Å². The first-order valence-electron chi connectivity index (χ1n) is 16.0. The van der Waals surface area contributed by atoms with E-state index in [-0.39, 0.29) is 22.9 Å². The lowest BCUT2D eigenvalue weighted by molar-refractivity contribution is -0.138. The highest BCUT2D eigenvalue weighted by Gasteiger charge is 2.30. The Balaban J connectivity index is 1.12. The summed E-state index contributed by atoms with van der Waals surface area (Å²) in [5.74, 6) is 1.06. The number of thiophene rings is 1. The number of nitrogens with one attached hydrogen (secondary N) is 2. The van der Waals surface area contributed by atoms with Crippen molar-refractivity contribution in [3.05, 3.63) is 46.0 Å². The predicted octanol–water partition coefficient (Wildman–Crippen LogP) is 5.21. The number of rotatable bonds is 9. The van der Waals surface area contributed by atoms with Gasteiger partial charge in [0.1, 0.15) is 22.4 Å². The molecule has 2 aliphatic heterocycles. The summed E-state index contributed by atoms with van der Waals surface area (Å²) in [5.41, 5.74) is 3.95. The molecule has 2 N–H and O–H groups in total. The van der Waals surface area contributed by atoms with Crippen LogP contribution >= 0.6 is 11.3 Å². The van der Waals surface area contributed by atoms with Crippen LogP contribution in [0.2, 0.25) is 0 Å². The van der Waals surface area contributed by atoms with Crippen LogP contribution in [0.5, 0.6) is 0 Å². The van der Waals surface area contributed by atoms with E-state index in [1.54, 1.807) is 13.1 Å². The Labute approximate surface area is 276 Å². The van der Waals surface area contributed by atoms with Gasteiger partial charge >= 0.3 is 6.18 Å². The van der Waals surface area contributed by atoms with Crippen molar-refractivity contribution >= 4 is 50.1 Å². The zero-order chi connectivity index (χ0) is 33.5. The molecule has 2 aliphatic rings. The fraction of sp³-hybridized carbons (Fsp3) is 0.515. The number of anilines is 2. The number of nitriles is 1. The van der Waals surface area contributed by atoms with Crippen LogP contribution in [-0.2, 0) is 24.3 Å². The largest absolute Gasteiger partial charge is 0.393 e. The molecular formula is C33H40F3N9OS. The van der Waals surface area contributed by atoms with Crippen LogP contribution in [0.25, 0.3) is 21.1 Å². The van der Waals surface area contributed by atoms with Gasteiger partial charge in [-0.2, -0.15) is 23.4 Å². The summed E-state index contributed by atoms with van der Waals surface area (Å²) in [6.45, 7) is 9.15. The van der Waals surface area contributed by atoms with E-state index in [9.17, 15) is 23.2 Å². The third-order valence-corrected chi connectivity index (χ3v) is 10.4. The van der Waals surface area contributed by atoms with Crippen LogP contribution in [0.1, 0.15) is 41.5 Å². The smallest absolute Gasteiger partial charge is 0.367 e. The number of piperazine rings is 1. The molecule has 2 saturated heterocycles. The van der Waals surface area contributed by atoms with Gasteiger partial charge in [0.25, 0.3) is 0 Å². The molecule has 47 heavy (non-hydrogen) atoms. The lowest BCUT2D eigenvalue weighted by Gasteiger charge is -2.36. The first-order valence-corrected chi connectivity index (χ1v) is 16.8. The van der Waals surface area contributed by atoms with E-state index in [2.05, 4.69) is 57.6 Å². The minimum Gasteiger partial charge on any atom is -0.367 e. The molecule has 3 aromatic heterocycles. The topological polar surface area (TPSA) is 105 Å². The molecule has 0 spiro atoms. The lowest BCUT2D eigenvalue weighted by atomic mass is 10.0. The van der Waals surface area contributed by atoms with Crippen LogP contribution in [0, 0.1) is 18.3 Å². The summed E-state index contributed by atoms with van der Waals surface area (Å²) in [6.07, 6.45) is -3.54. The van der Waals surface area contributed by atoms with Gasteiger partial charge in [-0.15, -0.1) is 11.3 Å². The fourth-order valence-electron chi connectivity index (χ4n) is 6.76. The van der Waals surface area contributed by atoms with Crippen LogP contribution in [0.15, 0.2) is 24.3 Å². The number of hydrogen-bond acceptors (Lipinski definition) is 9. The Hall–Kier alpha value is -3.93. The van der Waals surface area contributed by atoms with Gasteiger partial charge < -0.3 is 20.1 Å². The van der Waals surface area contributed by atoms with Crippen molar-refractivity contribution in [2.45, 2.75) is 64.5 Å². The molecule has 5 heterocycles. The minimum absolute atomic E-state index is 0.0289. The van der Waals surface area contributed by atoms with Gasteiger partial charge in [-0.1, -0.05) is 6.07 Å². The highest BCUT2D eigenvalue weighted by Crippen LogP contribution is 2.35. The van der Waals surface area contributed by atoms with Crippen LogP contribution in [0.3, 0.4) is 0 Å². The second-order valence-electron chi connectivity index (χ2n) is 12.8. The van der Waals surface area contributed by atoms with E-state index in [1.807, 2.05) is 27.5 Å². The molecule has 1 aromatic carbocycles. The Kier molecular flexibility index (Phi) is 9.33. The van der Waals surface area contributed by atoms with Gasteiger partial charge in [-0.05, 0) is 63.1 Å². The first kappa shape index (κ1) is 33.0. The summed E-state index contributed by atoms with van der Waals surface area (Å²) in [5, 5.41) is 18.1. The molecule has 250 valence electrons. The third-order valence-electron chi connectivity index (χ3n) is 9.37. The van der Waals surface area contributed by atoms with E-state index in [1.165, 1.54) is 5.56 Å². The van der Waals surface area contributed by atoms with E-state index in [0.717, 1.165) is 66.8 Å². The average Bonchev–Trinajstić information content (AvgIpc) is 3.59. The molecule has 4 aromatic rings. The maximum Gasteiger partial charge on any atom is 0.393 e. The number of aromatic nitrogens is 3. The number of aryl methyl sites for hydroxylation is 1. The Morgan fingerprint density at radius 1 is 1.13 bits per heavy atom. The molecule has 0 unspecified atom stereocenters. The van der Waals surface area contributed by atoms with E-state index in [4.69, 9.17) is 0 Å². The molecule has 10 nitrogen and oxygen atoms in total. The van der Waals surface area contributed by atoms with Crippen molar-refractivity contribution in [3.63, 3.8) is 0 Å². The number of benzene rings is 1. The van der Waals surface area contributed by atoms with Gasteiger partial charge in [0.15, 0.2) is 0 Å². The average molecular weight is 668 g/mol. The monoisotopic (exact) mass is 667 g/mol. The number of alkyl halides is 3. The lowest BCUT2D eigenvalue weighted by Crippen LogP contribution is -2.53. The van der Waals surface area contributed by atoms with E-state index >= 15 is 0 Å². The molecule has 1 amide bonds. The summed E-state index contributed by atoms with van der Waals surface area (Å²) in [7, 11) is 3.65. The summed E-state index contributed by atoms with van der Waals surface area (Å²) in [4.78, 5) is 28.7. The van der Waals surface area contributed by atoms with Gasteiger partial charge in [-0.25, -0.2) is 4.98 Å². The molecule has 0 aliphatic carbocycles. The number of piperidine rings is 1. The van der Waals surface area contributed by atoms with Crippen LogP contribution in [-0.4, -0.2) is 100 Å². The normalized spacial score (nSPS) is 17.8. The molecule has 0 radical (unpaired) electrons. The molecule has 2 fully saturated rings. The maximum atomic E-state index is 13.1. The molecule has 14 heteroatoms. The van der Waals surface area contributed by atoms with Crippen molar-refractivity contribution in [3.8, 4) is 6.07 Å². The third kappa shape index (κ3) is 7.17. The van der Waals surface area contributed by atoms with Crippen LogP contribution < -0.4 is 10.6 Å². The van der Waals surface area contributed by atoms with Crippen molar-refractivity contribution in [1.29, 1.82) is 5.26 Å². The Morgan fingerprint density at radius 3 is 2.57 bits per heavy atom. The number of hydrogen-bond donors (Lipinski definition) is 2. The van der Waals surface area contributed by atoms with E-state index < -0.39 is 12.6 Å². The summed E-state index contributed by atoms with van der Waals surface area (Å²) < 4.78 is 41.2. The highest BCUT2D eigenvalue weighted by atomic mass is 32.1. The van der Waals surface area contributed by atoms with Crippen molar-refractivity contribution in [2.24, 2.45) is 0 Å². The number of likely N-dealkylation sites (tertiary alicyclic amines) is 1. The number of likely N-dealkylation sites (N-methyl/N-ethyl adjacent to an activating group) is 1. The number of halogens is 3. The second-order valence-corrected chi connectivity index (χ2v) is 13.9. The zero-order valence-electron chi connectivity index (χ0n) is 27.1. The zero-order valence-corrected chi connectivity index (χ0v) is 27.9. The SMILES string of the molecule is CNc1nc(NC2CCN(Cc3ccc4c(cc(C#N)n4C[C@H](C)N4CCN(C)CC4=O)c3C)CC2)c2cc(CC(F)(F)F)sc2n1. The van der Waals surface area contributed by atoms with Crippen molar-refractivity contribution < 1.29 is 18.0 Å². The molecule has 6 rings (SSSR count). The van der Waals surface area contributed by atoms with Gasteiger partial charge in [-0.3, -0.25) is 14.6 Å². The molecule has 1 atom stereocenters. The van der Waals surface area contributed by atoms with Crippen molar-refractivity contribution in [1.82, 2.24) is 29.2 Å². The predicted molar refractivity (Wildman–Crippen MR) is 179 cm³/mol. The molecule has 0 saturated carbocycles. The van der Waals surface area contributed by atoms with Gasteiger partial charge in [0, 0.05) is 74.2 Å².